The molecule has 0 fully saturated rings. The van der Waals surface area contributed by atoms with E-state index in [1.54, 1.807) is 0 Å². The van der Waals surface area contributed by atoms with Crippen LogP contribution in [0.3, 0.4) is 0 Å². The van der Waals surface area contributed by atoms with Crippen molar-refractivity contribution >= 4 is 31.7 Å². The number of allylic oxidation sites excluding steroid dienone is 2. The molecular formula is C13H15N3Se. The van der Waals surface area contributed by atoms with E-state index >= 15 is 0 Å². The Labute approximate surface area is 107 Å². The maximum absolute atomic E-state index is 4.48. The van der Waals surface area contributed by atoms with Crippen molar-refractivity contribution in [1.82, 2.24) is 7.96 Å². The molecule has 0 saturated carbocycles. The molecule has 3 rings (SSSR count). The molecule has 1 heterocycles. The van der Waals surface area contributed by atoms with Crippen molar-refractivity contribution in [2.24, 2.45) is 5.92 Å². The molecule has 0 amide bonds. The minimum atomic E-state index is 0.0632. The first-order chi connectivity index (χ1) is 8.43. The van der Waals surface area contributed by atoms with Gasteiger partial charge in [-0.05, 0) is 0 Å². The Morgan fingerprint density at radius 3 is 3.18 bits per heavy atom. The first-order valence-electron chi connectivity index (χ1n) is 6.03. The molecule has 1 aliphatic rings. The summed E-state index contributed by atoms with van der Waals surface area (Å²) in [6, 6.07) is 6.21. The van der Waals surface area contributed by atoms with Gasteiger partial charge in [0.2, 0.25) is 0 Å². The third-order valence-electron chi connectivity index (χ3n) is 3.24. The number of nitrogens with one attached hydrogen (secondary N) is 1. The van der Waals surface area contributed by atoms with E-state index in [0.29, 0.717) is 0 Å². The molecule has 0 saturated heterocycles. The summed E-state index contributed by atoms with van der Waals surface area (Å²) in [5, 5.41) is 3.54. The summed E-state index contributed by atoms with van der Waals surface area (Å²) >= 11 is 0.0632. The molecule has 1 atom stereocenters. The zero-order valence-corrected chi connectivity index (χ0v) is 11.3. The quantitative estimate of drug-likeness (QED) is 0.697. The van der Waals surface area contributed by atoms with Crippen LogP contribution in [0, 0.1) is 5.92 Å². The van der Waals surface area contributed by atoms with Crippen molar-refractivity contribution in [2.75, 3.05) is 11.9 Å². The first kappa shape index (κ1) is 11.0. The predicted octanol–water partition coefficient (Wildman–Crippen LogP) is 2.46. The molecule has 0 aliphatic heterocycles. The Kier molecular flexibility index (Phi) is 3.25. The number of anilines is 1. The summed E-state index contributed by atoms with van der Waals surface area (Å²) in [5.74, 6) is 0.764. The summed E-state index contributed by atoms with van der Waals surface area (Å²) in [7, 11) is 0. The fourth-order valence-electron chi connectivity index (χ4n) is 2.24. The van der Waals surface area contributed by atoms with Crippen LogP contribution in [-0.2, 0) is 0 Å². The standard InChI is InChI=1S/C13H15N3Se/c1-2-5-10(6-3-1)9-14-11-7-4-8-12-13(11)16-17-15-12/h1-2,4,7-8,10,14H,3,5-6,9H2. The van der Waals surface area contributed by atoms with E-state index in [2.05, 4.69) is 37.6 Å². The van der Waals surface area contributed by atoms with Gasteiger partial charge >= 0.3 is 107 Å². The Balaban J connectivity index is 1.72. The monoisotopic (exact) mass is 293 g/mol. The Morgan fingerprint density at radius 2 is 2.29 bits per heavy atom. The summed E-state index contributed by atoms with van der Waals surface area (Å²) in [6.07, 6.45) is 8.31. The second kappa shape index (κ2) is 5.03. The Hall–Kier alpha value is -1.12. The molecule has 0 radical (unpaired) electrons. The van der Waals surface area contributed by atoms with Crippen molar-refractivity contribution in [3.05, 3.63) is 30.4 Å². The molecule has 1 aromatic heterocycles. The zero-order chi connectivity index (χ0) is 11.5. The van der Waals surface area contributed by atoms with Gasteiger partial charge in [0.15, 0.2) is 0 Å². The number of hydrogen-bond acceptors (Lipinski definition) is 3. The molecule has 1 N–H and O–H groups in total. The van der Waals surface area contributed by atoms with Gasteiger partial charge in [-0.3, -0.25) is 0 Å². The van der Waals surface area contributed by atoms with Gasteiger partial charge in [-0.2, -0.15) is 0 Å². The summed E-state index contributed by atoms with van der Waals surface area (Å²) < 4.78 is 8.88. The maximum atomic E-state index is 4.48. The van der Waals surface area contributed by atoms with Gasteiger partial charge in [0.05, 0.1) is 0 Å². The molecule has 2 aromatic rings. The van der Waals surface area contributed by atoms with E-state index in [0.717, 1.165) is 29.2 Å². The first-order valence-corrected chi connectivity index (χ1v) is 7.57. The topological polar surface area (TPSA) is 37.8 Å². The van der Waals surface area contributed by atoms with Crippen molar-refractivity contribution in [3.8, 4) is 0 Å². The van der Waals surface area contributed by atoms with Gasteiger partial charge in [0, 0.05) is 0 Å². The second-order valence-electron chi connectivity index (χ2n) is 4.47. The Morgan fingerprint density at radius 1 is 1.29 bits per heavy atom. The molecule has 1 aromatic carbocycles. The molecule has 17 heavy (non-hydrogen) atoms. The molecule has 88 valence electrons. The second-order valence-corrected chi connectivity index (χ2v) is 5.58. The summed E-state index contributed by atoms with van der Waals surface area (Å²) in [5.41, 5.74) is 3.28. The van der Waals surface area contributed by atoms with Gasteiger partial charge in [-0.1, -0.05) is 0 Å². The van der Waals surface area contributed by atoms with Crippen LogP contribution in [0.1, 0.15) is 19.3 Å². The van der Waals surface area contributed by atoms with Crippen LogP contribution in [0.15, 0.2) is 30.4 Å². The number of rotatable bonds is 3. The van der Waals surface area contributed by atoms with Crippen molar-refractivity contribution < 1.29 is 0 Å². The van der Waals surface area contributed by atoms with Crippen LogP contribution in [0.2, 0.25) is 0 Å². The van der Waals surface area contributed by atoms with Crippen molar-refractivity contribution in [3.63, 3.8) is 0 Å². The molecule has 1 aliphatic carbocycles. The van der Waals surface area contributed by atoms with E-state index in [1.807, 2.05) is 6.07 Å². The van der Waals surface area contributed by atoms with Gasteiger partial charge in [-0.25, -0.2) is 0 Å². The number of hydrogen-bond donors (Lipinski definition) is 1. The predicted molar refractivity (Wildman–Crippen MR) is 71.4 cm³/mol. The SMILES string of the molecule is C1=CCC(CNc2cccc3n[se]nc23)CC1. The van der Waals surface area contributed by atoms with Crippen LogP contribution in [-0.4, -0.2) is 29.5 Å². The van der Waals surface area contributed by atoms with Gasteiger partial charge in [0.25, 0.3) is 0 Å². The van der Waals surface area contributed by atoms with E-state index in [-0.39, 0.29) is 15.0 Å². The van der Waals surface area contributed by atoms with Gasteiger partial charge in [-0.15, -0.1) is 0 Å². The third-order valence-corrected chi connectivity index (χ3v) is 4.38. The molecule has 1 unspecified atom stereocenters. The van der Waals surface area contributed by atoms with E-state index < -0.39 is 0 Å². The van der Waals surface area contributed by atoms with Crippen LogP contribution in [0.5, 0.6) is 0 Å². The minimum absolute atomic E-state index is 0.0632. The molecule has 0 spiro atoms. The van der Waals surface area contributed by atoms with Crippen LogP contribution < -0.4 is 5.32 Å². The van der Waals surface area contributed by atoms with Crippen LogP contribution in [0.25, 0.3) is 11.0 Å². The molecule has 0 bridgehead atoms. The van der Waals surface area contributed by atoms with E-state index in [4.69, 9.17) is 0 Å². The molecule has 4 heteroatoms. The number of aromatic nitrogens is 2. The number of nitrogens with zero attached hydrogens (tertiary/aromatic N) is 2. The fourth-order valence-corrected chi connectivity index (χ4v) is 3.40. The third kappa shape index (κ3) is 2.43. The van der Waals surface area contributed by atoms with E-state index in [9.17, 15) is 0 Å². The normalized spacial score (nSPS) is 19.6. The number of fused-ring (bicyclic) bond motifs is 1. The van der Waals surface area contributed by atoms with Crippen LogP contribution >= 0.6 is 0 Å². The Bertz CT molecular complexity index is 532. The number of benzene rings is 1. The molecule has 3 nitrogen and oxygen atoms in total. The van der Waals surface area contributed by atoms with Gasteiger partial charge < -0.3 is 0 Å². The van der Waals surface area contributed by atoms with Crippen LogP contribution in [0.4, 0.5) is 5.69 Å². The molecular weight excluding hydrogens is 277 g/mol. The zero-order valence-electron chi connectivity index (χ0n) is 9.60. The summed E-state index contributed by atoms with van der Waals surface area (Å²) in [4.78, 5) is 0. The fraction of sp³-hybridized carbons (Fsp3) is 0.385. The summed E-state index contributed by atoms with van der Waals surface area (Å²) in [6.45, 7) is 1.04. The van der Waals surface area contributed by atoms with Crippen molar-refractivity contribution in [1.29, 1.82) is 0 Å². The average Bonchev–Trinajstić information content (AvgIpc) is 2.86. The van der Waals surface area contributed by atoms with E-state index in [1.165, 1.54) is 19.3 Å². The average molecular weight is 292 g/mol. The van der Waals surface area contributed by atoms with Crippen molar-refractivity contribution in [2.45, 2.75) is 19.3 Å². The van der Waals surface area contributed by atoms with Gasteiger partial charge in [0.1, 0.15) is 0 Å².